The van der Waals surface area contributed by atoms with Gasteiger partial charge in [0.1, 0.15) is 0 Å². The van der Waals surface area contributed by atoms with Crippen molar-refractivity contribution in [1.29, 1.82) is 0 Å². The summed E-state index contributed by atoms with van der Waals surface area (Å²) in [5.74, 6) is 0.0423. The molecule has 0 fully saturated rings. The Kier molecular flexibility index (Phi) is 6.42. The molecule has 0 spiro atoms. The van der Waals surface area contributed by atoms with Crippen molar-refractivity contribution >= 4 is 43.2 Å². The van der Waals surface area contributed by atoms with E-state index < -0.39 is 10.0 Å². The average Bonchev–Trinajstić information content (AvgIpc) is 2.29. The summed E-state index contributed by atoms with van der Waals surface area (Å²) in [6, 6.07) is 4.94. The molecule has 1 aromatic rings. The summed E-state index contributed by atoms with van der Waals surface area (Å²) in [5.41, 5.74) is 0.471. The molecule has 1 aromatic carbocycles. The molecule has 0 heterocycles. The fourth-order valence-corrected chi connectivity index (χ4v) is 2.73. The lowest BCUT2D eigenvalue weighted by Crippen LogP contribution is -2.27. The van der Waals surface area contributed by atoms with Crippen LogP contribution in [0.1, 0.15) is 13.3 Å². The third-order valence-corrected chi connectivity index (χ3v) is 4.69. The summed E-state index contributed by atoms with van der Waals surface area (Å²) in [4.78, 5) is 0. The zero-order valence-corrected chi connectivity index (χ0v) is 13.2. The first-order valence-electron chi connectivity index (χ1n) is 5.61. The number of rotatable bonds is 7. The minimum atomic E-state index is -3.33. The molecule has 0 aliphatic rings. The minimum Gasteiger partial charge on any atom is -0.316 e. The summed E-state index contributed by atoms with van der Waals surface area (Å²) in [7, 11) is -3.33. The fourth-order valence-electron chi connectivity index (χ4n) is 1.30. The van der Waals surface area contributed by atoms with Gasteiger partial charge in [0.2, 0.25) is 10.0 Å². The number of nitrogens with one attached hydrogen (secondary N) is 2. The highest BCUT2D eigenvalue weighted by Gasteiger charge is 2.10. The summed E-state index contributed by atoms with van der Waals surface area (Å²) in [6.45, 7) is 3.29. The summed E-state index contributed by atoms with van der Waals surface area (Å²) >= 11 is 9.14. The third-order valence-electron chi connectivity index (χ3n) is 2.17. The van der Waals surface area contributed by atoms with Crippen LogP contribution in [0.15, 0.2) is 22.7 Å². The lowest BCUT2D eigenvalue weighted by atomic mass is 10.3. The number of hydrogen-bond acceptors (Lipinski definition) is 3. The Balaban J connectivity index is 2.56. The first-order chi connectivity index (χ1) is 8.44. The molecule has 0 saturated carbocycles. The van der Waals surface area contributed by atoms with Crippen LogP contribution >= 0.6 is 27.5 Å². The number of anilines is 1. The van der Waals surface area contributed by atoms with Gasteiger partial charge >= 0.3 is 0 Å². The van der Waals surface area contributed by atoms with Crippen molar-refractivity contribution in [3.8, 4) is 0 Å². The normalized spacial score (nSPS) is 11.5. The summed E-state index contributed by atoms with van der Waals surface area (Å²) < 4.78 is 26.7. The van der Waals surface area contributed by atoms with Gasteiger partial charge in [0.05, 0.1) is 16.5 Å². The van der Waals surface area contributed by atoms with Gasteiger partial charge in [0.15, 0.2) is 0 Å². The Labute approximate surface area is 121 Å². The molecule has 0 bridgehead atoms. The van der Waals surface area contributed by atoms with Crippen LogP contribution in [0.5, 0.6) is 0 Å². The monoisotopic (exact) mass is 354 g/mol. The summed E-state index contributed by atoms with van der Waals surface area (Å²) in [5, 5.41) is 3.52. The van der Waals surface area contributed by atoms with Gasteiger partial charge in [0.25, 0.3) is 0 Å². The number of halogens is 2. The zero-order chi connectivity index (χ0) is 13.6. The fraction of sp³-hybridized carbons (Fsp3) is 0.455. The van der Waals surface area contributed by atoms with Gasteiger partial charge in [0, 0.05) is 11.0 Å². The third kappa shape index (κ3) is 5.56. The zero-order valence-electron chi connectivity index (χ0n) is 10.0. The second-order valence-electron chi connectivity index (χ2n) is 3.80. The number of hydrogen-bond donors (Lipinski definition) is 2. The molecule has 7 heteroatoms. The van der Waals surface area contributed by atoms with Crippen molar-refractivity contribution < 1.29 is 8.42 Å². The van der Waals surface area contributed by atoms with Gasteiger partial charge < -0.3 is 5.32 Å². The molecule has 0 radical (unpaired) electrons. The molecule has 0 aromatic heterocycles. The van der Waals surface area contributed by atoms with Gasteiger partial charge in [-0.15, -0.1) is 0 Å². The second kappa shape index (κ2) is 7.33. The van der Waals surface area contributed by atoms with Crippen LogP contribution < -0.4 is 10.0 Å². The Bertz CT molecular complexity index is 494. The molecule has 18 heavy (non-hydrogen) atoms. The van der Waals surface area contributed by atoms with E-state index in [0.29, 0.717) is 17.3 Å². The maximum Gasteiger partial charge on any atom is 0.233 e. The quantitative estimate of drug-likeness (QED) is 0.739. The van der Waals surface area contributed by atoms with Crippen LogP contribution in [0.2, 0.25) is 5.02 Å². The van der Waals surface area contributed by atoms with Gasteiger partial charge in [-0.25, -0.2) is 8.42 Å². The van der Waals surface area contributed by atoms with Crippen LogP contribution in [-0.2, 0) is 10.0 Å². The lowest BCUT2D eigenvalue weighted by molar-refractivity contribution is 0.595. The number of sulfonamides is 1. The summed E-state index contributed by atoms with van der Waals surface area (Å²) in [6.07, 6.45) is 0.982. The SMILES string of the molecule is CCCNCCS(=O)(=O)Nc1ccc(Br)c(Cl)c1. The average molecular weight is 356 g/mol. The van der Waals surface area contributed by atoms with E-state index in [4.69, 9.17) is 11.6 Å². The molecule has 0 atom stereocenters. The van der Waals surface area contributed by atoms with Crippen LogP contribution in [0.25, 0.3) is 0 Å². The van der Waals surface area contributed by atoms with Gasteiger partial charge in [-0.2, -0.15) is 0 Å². The molecule has 102 valence electrons. The van der Waals surface area contributed by atoms with Crippen molar-refractivity contribution in [3.63, 3.8) is 0 Å². The maximum absolute atomic E-state index is 11.8. The van der Waals surface area contributed by atoms with E-state index in [0.717, 1.165) is 17.4 Å². The van der Waals surface area contributed by atoms with E-state index in [1.165, 1.54) is 0 Å². The highest BCUT2D eigenvalue weighted by Crippen LogP contribution is 2.25. The Hall–Kier alpha value is -0.300. The minimum absolute atomic E-state index is 0.0423. The Morgan fingerprint density at radius 3 is 2.67 bits per heavy atom. The molecule has 4 nitrogen and oxygen atoms in total. The van der Waals surface area contributed by atoms with Crippen LogP contribution in [0, 0.1) is 0 Å². The predicted octanol–water partition coefficient (Wildman–Crippen LogP) is 2.84. The predicted molar refractivity (Wildman–Crippen MR) is 79.7 cm³/mol. The van der Waals surface area contributed by atoms with E-state index in [2.05, 4.69) is 26.0 Å². The smallest absolute Gasteiger partial charge is 0.233 e. The van der Waals surface area contributed by atoms with E-state index in [1.54, 1.807) is 18.2 Å². The van der Waals surface area contributed by atoms with E-state index in [9.17, 15) is 8.42 Å². The first kappa shape index (κ1) is 15.8. The highest BCUT2D eigenvalue weighted by molar-refractivity contribution is 9.10. The maximum atomic E-state index is 11.8. The first-order valence-corrected chi connectivity index (χ1v) is 8.43. The van der Waals surface area contributed by atoms with Crippen molar-refractivity contribution in [1.82, 2.24) is 5.32 Å². The molecule has 0 aliphatic carbocycles. The van der Waals surface area contributed by atoms with Gasteiger partial charge in [-0.3, -0.25) is 4.72 Å². The molecule has 0 aliphatic heterocycles. The molecule has 0 saturated heterocycles. The van der Waals surface area contributed by atoms with Crippen molar-refractivity contribution in [2.75, 3.05) is 23.6 Å². The standard InChI is InChI=1S/C11H16BrClN2O2S/c1-2-5-14-6-7-18(16,17)15-9-3-4-10(12)11(13)8-9/h3-4,8,14-15H,2,5-7H2,1H3. The van der Waals surface area contributed by atoms with E-state index in [-0.39, 0.29) is 5.75 Å². The molecule has 1 rings (SSSR count). The molecular formula is C11H16BrClN2O2S. The van der Waals surface area contributed by atoms with E-state index in [1.807, 2.05) is 6.92 Å². The van der Waals surface area contributed by atoms with Gasteiger partial charge in [-0.1, -0.05) is 18.5 Å². The van der Waals surface area contributed by atoms with Gasteiger partial charge in [-0.05, 0) is 47.1 Å². The topological polar surface area (TPSA) is 58.2 Å². The molecule has 2 N–H and O–H groups in total. The van der Waals surface area contributed by atoms with Crippen molar-refractivity contribution in [3.05, 3.63) is 27.7 Å². The molecule has 0 amide bonds. The molecular weight excluding hydrogens is 340 g/mol. The number of benzene rings is 1. The van der Waals surface area contributed by atoms with Crippen LogP contribution in [-0.4, -0.2) is 27.3 Å². The van der Waals surface area contributed by atoms with Crippen LogP contribution in [0.4, 0.5) is 5.69 Å². The lowest BCUT2D eigenvalue weighted by Gasteiger charge is -2.09. The van der Waals surface area contributed by atoms with Crippen molar-refractivity contribution in [2.45, 2.75) is 13.3 Å². The van der Waals surface area contributed by atoms with Crippen molar-refractivity contribution in [2.24, 2.45) is 0 Å². The van der Waals surface area contributed by atoms with E-state index >= 15 is 0 Å². The largest absolute Gasteiger partial charge is 0.316 e. The molecule has 0 unspecified atom stereocenters. The highest BCUT2D eigenvalue weighted by atomic mass is 79.9. The Morgan fingerprint density at radius 2 is 2.06 bits per heavy atom. The Morgan fingerprint density at radius 1 is 1.33 bits per heavy atom. The van der Waals surface area contributed by atoms with Crippen LogP contribution in [0.3, 0.4) is 0 Å². The second-order valence-corrected chi connectivity index (χ2v) is 6.90.